The highest BCUT2D eigenvalue weighted by Gasteiger charge is 2.20. The van der Waals surface area contributed by atoms with Gasteiger partial charge in [0.25, 0.3) is 0 Å². The molecule has 0 spiro atoms. The Hall–Kier alpha value is -1.36. The van der Waals surface area contributed by atoms with Crippen LogP contribution in [-0.2, 0) is 5.41 Å². The summed E-state index contributed by atoms with van der Waals surface area (Å²) in [4.78, 5) is 4.10. The van der Waals surface area contributed by atoms with E-state index in [1.54, 1.807) is 6.20 Å². The molecule has 1 aromatic rings. The fourth-order valence-corrected chi connectivity index (χ4v) is 0.790. The molecule has 0 saturated heterocycles. The average molecular weight is 146 g/mol. The summed E-state index contributed by atoms with van der Waals surface area (Å²) in [5.74, 6) is 0. The molecule has 56 valence electrons. The van der Waals surface area contributed by atoms with Crippen LogP contribution in [0.4, 0.5) is 0 Å². The first-order valence-electron chi connectivity index (χ1n) is 3.49. The van der Waals surface area contributed by atoms with E-state index in [1.165, 1.54) is 0 Å². The Morgan fingerprint density at radius 1 is 1.45 bits per heavy atom. The molecule has 11 heavy (non-hydrogen) atoms. The standard InChI is InChI=1S/C9H10N2/c1-9(2,7-10)8-5-3-4-6-11-8/h3-6H,1-2H3. The first kappa shape index (κ1) is 7.74. The van der Waals surface area contributed by atoms with E-state index in [-0.39, 0.29) is 0 Å². The van der Waals surface area contributed by atoms with Crippen LogP contribution in [0.3, 0.4) is 0 Å². The van der Waals surface area contributed by atoms with Gasteiger partial charge in [0, 0.05) is 6.20 Å². The number of hydrogen-bond donors (Lipinski definition) is 0. The Morgan fingerprint density at radius 2 is 2.18 bits per heavy atom. The Kier molecular flexibility index (Phi) is 1.91. The molecule has 0 unspecified atom stereocenters. The van der Waals surface area contributed by atoms with Gasteiger partial charge in [-0.2, -0.15) is 5.26 Å². The third-order valence-corrected chi connectivity index (χ3v) is 1.58. The molecule has 0 bridgehead atoms. The summed E-state index contributed by atoms with van der Waals surface area (Å²) >= 11 is 0. The third kappa shape index (κ3) is 1.56. The van der Waals surface area contributed by atoms with Crippen molar-refractivity contribution in [3.8, 4) is 6.07 Å². The Balaban J connectivity index is 3.05. The van der Waals surface area contributed by atoms with Gasteiger partial charge in [-0.3, -0.25) is 4.98 Å². The van der Waals surface area contributed by atoms with Crippen LogP contribution in [0.15, 0.2) is 24.4 Å². The van der Waals surface area contributed by atoms with Crippen LogP contribution in [0.5, 0.6) is 0 Å². The van der Waals surface area contributed by atoms with Crippen LogP contribution < -0.4 is 0 Å². The first-order chi connectivity index (χ1) is 5.17. The maximum absolute atomic E-state index is 8.76. The highest BCUT2D eigenvalue weighted by atomic mass is 14.7. The second-order valence-electron chi connectivity index (χ2n) is 2.95. The SMILES string of the molecule is CC(C)(C#N)c1ccccn1. The van der Waals surface area contributed by atoms with Crippen molar-refractivity contribution in [2.75, 3.05) is 0 Å². The molecule has 2 heteroatoms. The third-order valence-electron chi connectivity index (χ3n) is 1.58. The molecule has 0 aliphatic carbocycles. The fourth-order valence-electron chi connectivity index (χ4n) is 0.790. The molecule has 0 aliphatic heterocycles. The number of hydrogen-bond acceptors (Lipinski definition) is 2. The van der Waals surface area contributed by atoms with E-state index < -0.39 is 5.41 Å². The molecule has 0 amide bonds. The van der Waals surface area contributed by atoms with Crippen molar-refractivity contribution < 1.29 is 0 Å². The van der Waals surface area contributed by atoms with Crippen molar-refractivity contribution in [1.29, 1.82) is 5.26 Å². The zero-order valence-corrected chi connectivity index (χ0v) is 6.70. The lowest BCUT2D eigenvalue weighted by Gasteiger charge is -2.12. The topological polar surface area (TPSA) is 36.7 Å². The molecule has 1 rings (SSSR count). The molecular weight excluding hydrogens is 136 g/mol. The van der Waals surface area contributed by atoms with Gasteiger partial charge in [-0.1, -0.05) is 6.07 Å². The normalized spacial score (nSPS) is 10.6. The van der Waals surface area contributed by atoms with Gasteiger partial charge in [-0.15, -0.1) is 0 Å². The molecule has 0 aliphatic rings. The quantitative estimate of drug-likeness (QED) is 0.606. The smallest absolute Gasteiger partial charge is 0.0937 e. The van der Waals surface area contributed by atoms with Gasteiger partial charge >= 0.3 is 0 Å². The molecule has 0 saturated carbocycles. The molecule has 1 aromatic heterocycles. The lowest BCUT2D eigenvalue weighted by atomic mass is 9.91. The zero-order valence-electron chi connectivity index (χ0n) is 6.70. The van der Waals surface area contributed by atoms with E-state index in [9.17, 15) is 0 Å². The van der Waals surface area contributed by atoms with E-state index >= 15 is 0 Å². The van der Waals surface area contributed by atoms with Crippen LogP contribution in [0.2, 0.25) is 0 Å². The van der Waals surface area contributed by atoms with E-state index in [1.807, 2.05) is 32.0 Å². The minimum absolute atomic E-state index is 0.471. The second-order valence-corrected chi connectivity index (χ2v) is 2.95. The van der Waals surface area contributed by atoms with Crippen molar-refractivity contribution in [3.63, 3.8) is 0 Å². The van der Waals surface area contributed by atoms with E-state index in [4.69, 9.17) is 5.26 Å². The number of nitriles is 1. The van der Waals surface area contributed by atoms with Crippen LogP contribution in [0.25, 0.3) is 0 Å². The predicted molar refractivity (Wildman–Crippen MR) is 42.9 cm³/mol. The summed E-state index contributed by atoms with van der Waals surface area (Å²) < 4.78 is 0. The molecule has 1 heterocycles. The van der Waals surface area contributed by atoms with Gasteiger partial charge in [0.05, 0.1) is 17.2 Å². The zero-order chi connectivity index (χ0) is 8.32. The predicted octanol–water partition coefficient (Wildman–Crippen LogP) is 1.88. The number of pyridine rings is 1. The average Bonchev–Trinajstić information content (AvgIpc) is 2.06. The van der Waals surface area contributed by atoms with Crippen LogP contribution in [0.1, 0.15) is 19.5 Å². The summed E-state index contributed by atoms with van der Waals surface area (Å²) in [5.41, 5.74) is 0.351. The Morgan fingerprint density at radius 3 is 2.64 bits per heavy atom. The van der Waals surface area contributed by atoms with Gasteiger partial charge in [0.15, 0.2) is 0 Å². The highest BCUT2D eigenvalue weighted by molar-refractivity contribution is 5.22. The fraction of sp³-hybridized carbons (Fsp3) is 0.333. The molecule has 0 N–H and O–H groups in total. The van der Waals surface area contributed by atoms with Gasteiger partial charge in [0.1, 0.15) is 0 Å². The van der Waals surface area contributed by atoms with E-state index in [0.29, 0.717) is 0 Å². The van der Waals surface area contributed by atoms with Crippen molar-refractivity contribution in [1.82, 2.24) is 4.98 Å². The molecule has 0 radical (unpaired) electrons. The van der Waals surface area contributed by atoms with Crippen LogP contribution >= 0.6 is 0 Å². The maximum atomic E-state index is 8.76. The summed E-state index contributed by atoms with van der Waals surface area (Å²) in [6.45, 7) is 3.71. The number of nitrogens with zero attached hydrogens (tertiary/aromatic N) is 2. The summed E-state index contributed by atoms with van der Waals surface area (Å²) in [6.07, 6.45) is 1.70. The van der Waals surface area contributed by atoms with Crippen molar-refractivity contribution in [3.05, 3.63) is 30.1 Å². The van der Waals surface area contributed by atoms with Gasteiger partial charge in [-0.05, 0) is 26.0 Å². The van der Waals surface area contributed by atoms with Gasteiger partial charge in [0.2, 0.25) is 0 Å². The van der Waals surface area contributed by atoms with Crippen LogP contribution in [-0.4, -0.2) is 4.98 Å². The van der Waals surface area contributed by atoms with Crippen molar-refractivity contribution in [2.24, 2.45) is 0 Å². The van der Waals surface area contributed by atoms with Crippen LogP contribution in [0, 0.1) is 11.3 Å². The first-order valence-corrected chi connectivity index (χ1v) is 3.49. The maximum Gasteiger partial charge on any atom is 0.0937 e. The van der Waals surface area contributed by atoms with Crippen molar-refractivity contribution in [2.45, 2.75) is 19.3 Å². The minimum atomic E-state index is -0.471. The Bertz CT molecular complexity index is 269. The highest BCUT2D eigenvalue weighted by Crippen LogP contribution is 2.18. The van der Waals surface area contributed by atoms with Crippen molar-refractivity contribution >= 4 is 0 Å². The molecule has 0 atom stereocenters. The summed E-state index contributed by atoms with van der Waals surface area (Å²) in [6, 6.07) is 7.79. The Labute approximate surface area is 66.5 Å². The number of aromatic nitrogens is 1. The summed E-state index contributed by atoms with van der Waals surface area (Å²) in [5, 5.41) is 8.76. The second kappa shape index (κ2) is 2.71. The number of rotatable bonds is 1. The molecule has 0 fully saturated rings. The largest absolute Gasteiger partial charge is 0.260 e. The minimum Gasteiger partial charge on any atom is -0.260 e. The lowest BCUT2D eigenvalue weighted by Crippen LogP contribution is -2.15. The summed E-state index contributed by atoms with van der Waals surface area (Å²) in [7, 11) is 0. The van der Waals surface area contributed by atoms with E-state index in [0.717, 1.165) is 5.69 Å². The molecular formula is C9H10N2. The lowest BCUT2D eigenvalue weighted by molar-refractivity contribution is 0.659. The molecule has 2 nitrogen and oxygen atoms in total. The van der Waals surface area contributed by atoms with E-state index in [2.05, 4.69) is 11.1 Å². The van der Waals surface area contributed by atoms with Gasteiger partial charge < -0.3 is 0 Å². The van der Waals surface area contributed by atoms with Gasteiger partial charge in [-0.25, -0.2) is 0 Å². The monoisotopic (exact) mass is 146 g/mol. The molecule has 0 aromatic carbocycles.